The van der Waals surface area contributed by atoms with Crippen molar-refractivity contribution in [2.75, 3.05) is 25.1 Å². The van der Waals surface area contributed by atoms with Crippen LogP contribution in [0.15, 0.2) is 24.3 Å². The summed E-state index contributed by atoms with van der Waals surface area (Å²) in [5.74, 6) is 0. The maximum Gasteiger partial charge on any atom is 0.0718 e. The molecule has 2 fully saturated rings. The van der Waals surface area contributed by atoms with E-state index in [1.54, 1.807) is 0 Å². The van der Waals surface area contributed by atoms with Gasteiger partial charge < -0.3 is 19.9 Å². The first-order chi connectivity index (χ1) is 9.80. The Balaban J connectivity index is 1.48. The molecule has 1 saturated heterocycles. The molecule has 2 aliphatic rings. The van der Waals surface area contributed by atoms with Crippen LogP contribution in [0.5, 0.6) is 0 Å². The van der Waals surface area contributed by atoms with Gasteiger partial charge in [0.05, 0.1) is 38.1 Å². The lowest BCUT2D eigenvalue weighted by Crippen LogP contribution is -2.36. The van der Waals surface area contributed by atoms with Gasteiger partial charge in [-0.15, -0.1) is 0 Å². The molecule has 0 aromatic heterocycles. The standard InChI is InChI=1S/C16H23NO3/c18-8-9-19-11-13-2-4-14(5-3-13)17-15-10-16(20-12-15)6-1-7-16/h2-5,15,17-18H,1,6-12H2. The summed E-state index contributed by atoms with van der Waals surface area (Å²) in [6.07, 6.45) is 4.91. The van der Waals surface area contributed by atoms with Crippen molar-refractivity contribution in [3.05, 3.63) is 29.8 Å². The molecule has 4 nitrogen and oxygen atoms in total. The van der Waals surface area contributed by atoms with E-state index >= 15 is 0 Å². The molecule has 1 heterocycles. The second-order valence-corrected chi connectivity index (χ2v) is 5.87. The molecule has 1 unspecified atom stereocenters. The van der Waals surface area contributed by atoms with Crippen molar-refractivity contribution < 1.29 is 14.6 Å². The minimum absolute atomic E-state index is 0.0725. The Labute approximate surface area is 120 Å². The van der Waals surface area contributed by atoms with Crippen LogP contribution in [0.4, 0.5) is 5.69 Å². The molecule has 20 heavy (non-hydrogen) atoms. The molecule has 3 rings (SSSR count). The lowest BCUT2D eigenvalue weighted by atomic mass is 9.77. The van der Waals surface area contributed by atoms with Gasteiger partial charge in [0.2, 0.25) is 0 Å². The Morgan fingerprint density at radius 3 is 2.70 bits per heavy atom. The van der Waals surface area contributed by atoms with E-state index in [0.717, 1.165) is 24.3 Å². The first kappa shape index (κ1) is 13.9. The molecule has 0 bridgehead atoms. The molecule has 110 valence electrons. The van der Waals surface area contributed by atoms with Gasteiger partial charge in [0.15, 0.2) is 0 Å². The minimum Gasteiger partial charge on any atom is -0.394 e. The molecule has 1 atom stereocenters. The first-order valence-corrected chi connectivity index (χ1v) is 7.48. The molecule has 1 saturated carbocycles. The molecule has 0 amide bonds. The maximum atomic E-state index is 8.67. The van der Waals surface area contributed by atoms with Crippen molar-refractivity contribution in [1.29, 1.82) is 0 Å². The molecule has 1 aliphatic heterocycles. The highest BCUT2D eigenvalue weighted by molar-refractivity contribution is 5.45. The Morgan fingerprint density at radius 1 is 1.30 bits per heavy atom. The lowest BCUT2D eigenvalue weighted by molar-refractivity contribution is -0.0562. The number of rotatable bonds is 6. The zero-order chi connectivity index (χ0) is 13.8. The summed E-state index contributed by atoms with van der Waals surface area (Å²) < 4.78 is 11.2. The normalized spacial score (nSPS) is 23.8. The number of hydrogen-bond acceptors (Lipinski definition) is 4. The minimum atomic E-state index is 0.0725. The Kier molecular flexibility index (Phi) is 4.24. The number of nitrogens with one attached hydrogen (secondary N) is 1. The number of aliphatic hydroxyl groups is 1. The van der Waals surface area contributed by atoms with Crippen molar-refractivity contribution in [1.82, 2.24) is 0 Å². The van der Waals surface area contributed by atoms with E-state index in [4.69, 9.17) is 14.6 Å². The highest BCUT2D eigenvalue weighted by Gasteiger charge is 2.44. The predicted molar refractivity (Wildman–Crippen MR) is 77.7 cm³/mol. The van der Waals surface area contributed by atoms with Crippen molar-refractivity contribution in [3.8, 4) is 0 Å². The fourth-order valence-electron chi connectivity index (χ4n) is 3.04. The summed E-state index contributed by atoms with van der Waals surface area (Å²) in [5, 5.41) is 12.2. The van der Waals surface area contributed by atoms with E-state index < -0.39 is 0 Å². The van der Waals surface area contributed by atoms with Gasteiger partial charge >= 0.3 is 0 Å². The van der Waals surface area contributed by atoms with E-state index in [0.29, 0.717) is 19.3 Å². The highest BCUT2D eigenvalue weighted by atomic mass is 16.5. The van der Waals surface area contributed by atoms with Crippen molar-refractivity contribution in [3.63, 3.8) is 0 Å². The second kappa shape index (κ2) is 6.12. The zero-order valence-corrected chi connectivity index (χ0v) is 11.8. The Morgan fingerprint density at radius 2 is 2.10 bits per heavy atom. The summed E-state index contributed by atoms with van der Waals surface area (Å²) in [6.45, 7) is 1.84. The average Bonchev–Trinajstić information content (AvgIpc) is 2.85. The summed E-state index contributed by atoms with van der Waals surface area (Å²) in [4.78, 5) is 0. The van der Waals surface area contributed by atoms with Crippen LogP contribution in [0.2, 0.25) is 0 Å². The van der Waals surface area contributed by atoms with Crippen LogP contribution >= 0.6 is 0 Å². The Hall–Kier alpha value is -1.10. The van der Waals surface area contributed by atoms with Gasteiger partial charge in [-0.2, -0.15) is 0 Å². The number of aliphatic hydroxyl groups excluding tert-OH is 1. The third kappa shape index (κ3) is 3.14. The molecule has 1 spiro atoms. The summed E-state index contributed by atoms with van der Waals surface area (Å²) in [5.41, 5.74) is 2.47. The van der Waals surface area contributed by atoms with Gasteiger partial charge in [-0.1, -0.05) is 12.1 Å². The number of ether oxygens (including phenoxy) is 2. The second-order valence-electron chi connectivity index (χ2n) is 5.87. The molecule has 1 aromatic carbocycles. The predicted octanol–water partition coefficient (Wildman–Crippen LogP) is 2.32. The topological polar surface area (TPSA) is 50.7 Å². The number of anilines is 1. The first-order valence-electron chi connectivity index (χ1n) is 7.48. The molecular formula is C16H23NO3. The highest BCUT2D eigenvalue weighted by Crippen LogP contribution is 2.43. The van der Waals surface area contributed by atoms with Gasteiger partial charge in [-0.05, 0) is 43.4 Å². The molecular weight excluding hydrogens is 254 g/mol. The smallest absolute Gasteiger partial charge is 0.0718 e. The van der Waals surface area contributed by atoms with Crippen molar-refractivity contribution in [2.24, 2.45) is 0 Å². The van der Waals surface area contributed by atoms with Gasteiger partial charge in [-0.25, -0.2) is 0 Å². The largest absolute Gasteiger partial charge is 0.394 e. The van der Waals surface area contributed by atoms with Gasteiger partial charge in [-0.3, -0.25) is 0 Å². The van der Waals surface area contributed by atoms with Crippen LogP contribution in [0, 0.1) is 0 Å². The SMILES string of the molecule is OCCOCc1ccc(NC2COC3(CCC3)C2)cc1. The molecule has 1 aromatic rings. The van der Waals surface area contributed by atoms with Crippen LogP contribution in [0.25, 0.3) is 0 Å². The van der Waals surface area contributed by atoms with E-state index in [9.17, 15) is 0 Å². The summed E-state index contributed by atoms with van der Waals surface area (Å²) >= 11 is 0. The van der Waals surface area contributed by atoms with Crippen LogP contribution in [0.1, 0.15) is 31.2 Å². The van der Waals surface area contributed by atoms with Crippen LogP contribution < -0.4 is 5.32 Å². The van der Waals surface area contributed by atoms with Gasteiger partial charge in [0, 0.05) is 5.69 Å². The van der Waals surface area contributed by atoms with Gasteiger partial charge in [0.1, 0.15) is 0 Å². The fraction of sp³-hybridized carbons (Fsp3) is 0.625. The third-order valence-corrected chi connectivity index (χ3v) is 4.30. The number of hydrogen-bond donors (Lipinski definition) is 2. The maximum absolute atomic E-state index is 8.67. The lowest BCUT2D eigenvalue weighted by Gasteiger charge is -2.37. The van der Waals surface area contributed by atoms with E-state index in [1.165, 1.54) is 19.3 Å². The zero-order valence-electron chi connectivity index (χ0n) is 11.8. The quantitative estimate of drug-likeness (QED) is 0.784. The monoisotopic (exact) mass is 277 g/mol. The molecule has 2 N–H and O–H groups in total. The van der Waals surface area contributed by atoms with Crippen LogP contribution in [0.3, 0.4) is 0 Å². The Bertz CT molecular complexity index is 428. The van der Waals surface area contributed by atoms with E-state index in [2.05, 4.69) is 29.6 Å². The van der Waals surface area contributed by atoms with Crippen molar-refractivity contribution >= 4 is 5.69 Å². The molecule has 1 aliphatic carbocycles. The van der Waals surface area contributed by atoms with Crippen LogP contribution in [-0.4, -0.2) is 36.6 Å². The number of benzene rings is 1. The van der Waals surface area contributed by atoms with E-state index in [-0.39, 0.29) is 12.2 Å². The van der Waals surface area contributed by atoms with Crippen molar-refractivity contribution in [2.45, 2.75) is 43.9 Å². The molecule has 0 radical (unpaired) electrons. The van der Waals surface area contributed by atoms with Gasteiger partial charge in [0.25, 0.3) is 0 Å². The third-order valence-electron chi connectivity index (χ3n) is 4.30. The average molecular weight is 277 g/mol. The fourth-order valence-corrected chi connectivity index (χ4v) is 3.04. The molecule has 4 heteroatoms. The van der Waals surface area contributed by atoms with E-state index in [1.807, 2.05) is 0 Å². The van der Waals surface area contributed by atoms with Crippen LogP contribution in [-0.2, 0) is 16.1 Å². The summed E-state index contributed by atoms with van der Waals surface area (Å²) in [6, 6.07) is 8.74. The summed E-state index contributed by atoms with van der Waals surface area (Å²) in [7, 11) is 0.